The number of aromatic amines is 2. The molecule has 2 N–H and O–H groups in total. The summed E-state index contributed by atoms with van der Waals surface area (Å²) in [6.45, 7) is 8.11. The van der Waals surface area contributed by atoms with Crippen LogP contribution in [0.1, 0.15) is 38.4 Å². The van der Waals surface area contributed by atoms with Crippen molar-refractivity contribution in [1.82, 2.24) is 20.1 Å². The molecular weight excluding hydrogens is 418 g/mol. The van der Waals surface area contributed by atoms with Crippen molar-refractivity contribution in [2.45, 2.75) is 40.0 Å². The van der Waals surface area contributed by atoms with Crippen LogP contribution in [0.25, 0.3) is 22.3 Å². The molecule has 0 spiro atoms. The van der Waals surface area contributed by atoms with Gasteiger partial charge in [0.1, 0.15) is 18.8 Å². The Morgan fingerprint density at radius 2 is 2.15 bits per heavy atom. The van der Waals surface area contributed by atoms with Crippen LogP contribution in [-0.4, -0.2) is 64.7 Å². The Bertz CT molecular complexity index is 1210. The second-order valence-electron chi connectivity index (χ2n) is 9.83. The summed E-state index contributed by atoms with van der Waals surface area (Å²) >= 11 is 0. The van der Waals surface area contributed by atoms with Crippen molar-refractivity contribution in [3.63, 3.8) is 0 Å². The number of ether oxygens (including phenoxy) is 1. The Balaban J connectivity index is 1.39. The molecule has 33 heavy (non-hydrogen) atoms. The lowest BCUT2D eigenvalue weighted by Gasteiger charge is -2.29. The highest BCUT2D eigenvalue weighted by Crippen LogP contribution is 2.38. The molecule has 2 aliphatic rings. The Morgan fingerprint density at radius 3 is 2.94 bits per heavy atom. The molecule has 0 saturated carbocycles. The van der Waals surface area contributed by atoms with Crippen molar-refractivity contribution >= 4 is 28.4 Å². The second-order valence-corrected chi connectivity index (χ2v) is 9.83. The maximum atomic E-state index is 13.0. The van der Waals surface area contributed by atoms with Crippen LogP contribution in [0.3, 0.4) is 0 Å². The van der Waals surface area contributed by atoms with Crippen molar-refractivity contribution in [2.24, 2.45) is 5.41 Å². The third-order valence-electron chi connectivity index (χ3n) is 6.86. The lowest BCUT2D eigenvalue weighted by molar-refractivity contribution is -0.145. The van der Waals surface area contributed by atoms with E-state index in [1.54, 1.807) is 9.80 Å². The Labute approximate surface area is 193 Å². The highest BCUT2D eigenvalue weighted by molar-refractivity contribution is 5.99. The summed E-state index contributed by atoms with van der Waals surface area (Å²) in [4.78, 5) is 31.8. The highest BCUT2D eigenvalue weighted by Gasteiger charge is 2.29. The van der Waals surface area contributed by atoms with Gasteiger partial charge in [-0.15, -0.1) is 0 Å². The van der Waals surface area contributed by atoms with Gasteiger partial charge >= 0.3 is 0 Å². The normalized spacial score (nSPS) is 17.9. The van der Waals surface area contributed by atoms with E-state index >= 15 is 0 Å². The van der Waals surface area contributed by atoms with Gasteiger partial charge in [0.2, 0.25) is 11.8 Å². The zero-order valence-corrected chi connectivity index (χ0v) is 19.5. The SMILES string of the molecule is CCN(C(=O)CN1CCOCC1=O)c1ccc2cc(-c3n[nH]c4c3CCC(C)(C)C4)[nH]c2c1. The van der Waals surface area contributed by atoms with E-state index < -0.39 is 0 Å². The summed E-state index contributed by atoms with van der Waals surface area (Å²) in [5.41, 5.74) is 6.61. The van der Waals surface area contributed by atoms with Crippen LogP contribution in [0.5, 0.6) is 0 Å². The fourth-order valence-electron chi connectivity index (χ4n) is 4.95. The van der Waals surface area contributed by atoms with Crippen LogP contribution in [0.15, 0.2) is 24.3 Å². The van der Waals surface area contributed by atoms with Crippen LogP contribution in [0.4, 0.5) is 5.69 Å². The van der Waals surface area contributed by atoms with E-state index in [0.29, 0.717) is 25.1 Å². The number of carbonyl (C=O) groups excluding carboxylic acids is 2. The minimum atomic E-state index is -0.138. The predicted molar refractivity (Wildman–Crippen MR) is 127 cm³/mol. The number of aromatic nitrogens is 3. The number of nitrogens with one attached hydrogen (secondary N) is 2. The summed E-state index contributed by atoms with van der Waals surface area (Å²) < 4.78 is 5.16. The number of hydrogen-bond acceptors (Lipinski definition) is 4. The average molecular weight is 450 g/mol. The number of anilines is 1. The van der Waals surface area contributed by atoms with Gasteiger partial charge in [0.05, 0.1) is 12.3 Å². The average Bonchev–Trinajstić information content (AvgIpc) is 3.38. The minimum Gasteiger partial charge on any atom is -0.370 e. The van der Waals surface area contributed by atoms with Crippen molar-refractivity contribution in [2.75, 3.05) is 37.7 Å². The number of amides is 2. The molecule has 0 bridgehead atoms. The maximum absolute atomic E-state index is 13.0. The minimum absolute atomic E-state index is 0.0466. The first-order valence-electron chi connectivity index (χ1n) is 11.7. The molecule has 1 aromatic carbocycles. The summed E-state index contributed by atoms with van der Waals surface area (Å²) in [5, 5.41) is 8.97. The number of carbonyl (C=O) groups is 2. The van der Waals surface area contributed by atoms with Crippen LogP contribution < -0.4 is 4.90 Å². The lowest BCUT2D eigenvalue weighted by atomic mass is 9.76. The number of H-pyrrole nitrogens is 2. The molecule has 174 valence electrons. The molecule has 1 aliphatic heterocycles. The topological polar surface area (TPSA) is 94.3 Å². The zero-order valence-electron chi connectivity index (χ0n) is 19.5. The zero-order chi connectivity index (χ0) is 23.2. The maximum Gasteiger partial charge on any atom is 0.249 e. The van der Waals surface area contributed by atoms with Gasteiger partial charge in [-0.25, -0.2) is 0 Å². The number of fused-ring (bicyclic) bond motifs is 2. The fourth-order valence-corrected chi connectivity index (χ4v) is 4.95. The van der Waals surface area contributed by atoms with Crippen molar-refractivity contribution < 1.29 is 14.3 Å². The van der Waals surface area contributed by atoms with Gasteiger partial charge in [0.25, 0.3) is 0 Å². The molecule has 3 aromatic rings. The van der Waals surface area contributed by atoms with Crippen molar-refractivity contribution in [1.29, 1.82) is 0 Å². The number of hydrogen-bond donors (Lipinski definition) is 2. The summed E-state index contributed by atoms with van der Waals surface area (Å²) in [7, 11) is 0. The molecule has 1 aliphatic carbocycles. The van der Waals surface area contributed by atoms with Crippen LogP contribution in [0, 0.1) is 5.41 Å². The standard InChI is InChI=1S/C25H31N5O3/c1-4-30(22(31)14-29-9-10-33-15-23(29)32)17-6-5-16-11-20(26-19(16)12-17)24-18-7-8-25(2,3)13-21(18)27-28-24/h5-6,11-12,26H,4,7-10,13-15H2,1-3H3,(H,27,28). The first-order chi connectivity index (χ1) is 15.8. The first-order valence-corrected chi connectivity index (χ1v) is 11.7. The summed E-state index contributed by atoms with van der Waals surface area (Å²) in [5.74, 6) is -0.233. The van der Waals surface area contributed by atoms with E-state index in [4.69, 9.17) is 4.74 Å². The molecule has 8 heteroatoms. The smallest absolute Gasteiger partial charge is 0.249 e. The number of morpholine rings is 1. The number of rotatable bonds is 5. The van der Waals surface area contributed by atoms with Gasteiger partial charge < -0.3 is 19.5 Å². The fraction of sp³-hybridized carbons (Fsp3) is 0.480. The molecule has 0 unspecified atom stereocenters. The Morgan fingerprint density at radius 1 is 1.30 bits per heavy atom. The molecule has 0 radical (unpaired) electrons. The quantitative estimate of drug-likeness (QED) is 0.625. The summed E-state index contributed by atoms with van der Waals surface area (Å²) in [6, 6.07) is 8.12. The van der Waals surface area contributed by atoms with Gasteiger partial charge in [0, 0.05) is 40.9 Å². The Hall–Kier alpha value is -3.13. The number of benzene rings is 1. The molecule has 5 rings (SSSR count). The molecule has 1 fully saturated rings. The number of likely N-dealkylation sites (N-methyl/N-ethyl adjacent to an activating group) is 1. The van der Waals surface area contributed by atoms with Crippen molar-refractivity contribution in [3.8, 4) is 11.4 Å². The molecule has 1 saturated heterocycles. The van der Waals surface area contributed by atoms with E-state index in [0.717, 1.165) is 47.2 Å². The van der Waals surface area contributed by atoms with Gasteiger partial charge in [-0.2, -0.15) is 5.10 Å². The number of nitrogens with zero attached hydrogens (tertiary/aromatic N) is 3. The van der Waals surface area contributed by atoms with E-state index in [1.165, 1.54) is 11.3 Å². The monoisotopic (exact) mass is 449 g/mol. The van der Waals surface area contributed by atoms with Crippen molar-refractivity contribution in [3.05, 3.63) is 35.5 Å². The third-order valence-corrected chi connectivity index (χ3v) is 6.86. The molecule has 3 heterocycles. The predicted octanol–water partition coefficient (Wildman–Crippen LogP) is 3.28. The summed E-state index contributed by atoms with van der Waals surface area (Å²) in [6.07, 6.45) is 3.18. The van der Waals surface area contributed by atoms with Gasteiger partial charge in [-0.3, -0.25) is 14.7 Å². The van der Waals surface area contributed by atoms with E-state index in [-0.39, 0.29) is 25.0 Å². The first kappa shape index (κ1) is 21.7. The second kappa shape index (κ2) is 8.33. The van der Waals surface area contributed by atoms with Crippen LogP contribution in [-0.2, 0) is 27.2 Å². The molecule has 0 atom stereocenters. The van der Waals surface area contributed by atoms with E-state index in [2.05, 4.69) is 35.1 Å². The van der Waals surface area contributed by atoms with Gasteiger partial charge in [-0.05, 0) is 49.8 Å². The third kappa shape index (κ3) is 4.15. The van der Waals surface area contributed by atoms with E-state index in [9.17, 15) is 9.59 Å². The Kier molecular flexibility index (Phi) is 5.48. The van der Waals surface area contributed by atoms with Gasteiger partial charge in [-0.1, -0.05) is 19.9 Å². The molecular formula is C25H31N5O3. The largest absolute Gasteiger partial charge is 0.370 e. The lowest BCUT2D eigenvalue weighted by Crippen LogP contribution is -2.48. The molecule has 2 amide bonds. The molecule has 2 aromatic heterocycles. The van der Waals surface area contributed by atoms with Crippen LogP contribution in [0.2, 0.25) is 0 Å². The van der Waals surface area contributed by atoms with Crippen LogP contribution >= 0.6 is 0 Å². The van der Waals surface area contributed by atoms with E-state index in [1.807, 2.05) is 25.1 Å². The van der Waals surface area contributed by atoms with Gasteiger partial charge in [0.15, 0.2) is 0 Å². The highest BCUT2D eigenvalue weighted by atomic mass is 16.5. The molecule has 8 nitrogen and oxygen atoms in total.